The van der Waals surface area contributed by atoms with Gasteiger partial charge >= 0.3 is 5.97 Å². The topological polar surface area (TPSA) is 48.4 Å². The summed E-state index contributed by atoms with van der Waals surface area (Å²) in [6.07, 6.45) is 3.38. The van der Waals surface area contributed by atoms with E-state index in [2.05, 4.69) is 17.1 Å². The molecule has 0 amide bonds. The Morgan fingerprint density at radius 1 is 1.29 bits per heavy atom. The Kier molecular flexibility index (Phi) is 4.03. The number of rotatable bonds is 3. The van der Waals surface area contributed by atoms with Crippen molar-refractivity contribution >= 4 is 17.3 Å². The third kappa shape index (κ3) is 2.59. The van der Waals surface area contributed by atoms with Crippen molar-refractivity contribution in [1.82, 2.24) is 4.98 Å². The van der Waals surface area contributed by atoms with Crippen LogP contribution in [0.5, 0.6) is 0 Å². The van der Waals surface area contributed by atoms with Gasteiger partial charge in [-0.1, -0.05) is 30.3 Å². The average Bonchev–Trinajstić information content (AvgIpc) is 3.06. The number of benzene rings is 1. The molecule has 0 unspecified atom stereocenters. The monoisotopic (exact) mass is 303 g/mol. The first kappa shape index (κ1) is 14.2. The fourth-order valence-corrected chi connectivity index (χ4v) is 3.90. The van der Waals surface area contributed by atoms with E-state index in [4.69, 9.17) is 9.47 Å². The average molecular weight is 303 g/mol. The predicted molar refractivity (Wildman–Crippen MR) is 80.7 cm³/mol. The van der Waals surface area contributed by atoms with Crippen LogP contribution in [0.25, 0.3) is 0 Å². The van der Waals surface area contributed by atoms with Gasteiger partial charge in [0.1, 0.15) is 9.88 Å². The van der Waals surface area contributed by atoms with Crippen molar-refractivity contribution in [2.75, 3.05) is 20.3 Å². The highest BCUT2D eigenvalue weighted by atomic mass is 32.1. The molecule has 5 heteroatoms. The van der Waals surface area contributed by atoms with Gasteiger partial charge in [-0.3, -0.25) is 0 Å². The Morgan fingerprint density at radius 3 is 2.67 bits per heavy atom. The van der Waals surface area contributed by atoms with E-state index in [0.29, 0.717) is 18.1 Å². The van der Waals surface area contributed by atoms with Gasteiger partial charge in [-0.15, -0.1) is 11.3 Å². The number of carbonyl (C=O) groups excluding carboxylic acids is 1. The third-order valence-corrected chi connectivity index (χ3v) is 5.16. The zero-order valence-electron chi connectivity index (χ0n) is 11.9. The molecule has 0 N–H and O–H groups in total. The van der Waals surface area contributed by atoms with Crippen LogP contribution in [-0.4, -0.2) is 31.3 Å². The molecule has 0 atom stereocenters. The lowest BCUT2D eigenvalue weighted by Gasteiger charge is -2.36. The van der Waals surface area contributed by atoms with E-state index < -0.39 is 0 Å². The lowest BCUT2D eigenvalue weighted by molar-refractivity contribution is 0.0606. The number of esters is 1. The van der Waals surface area contributed by atoms with Crippen LogP contribution in [-0.2, 0) is 14.9 Å². The SMILES string of the molecule is COC(=O)c1cnc(C2(c3ccccc3)CCOCC2)s1. The van der Waals surface area contributed by atoms with Gasteiger partial charge in [-0.05, 0) is 18.4 Å². The molecule has 0 bridgehead atoms. The van der Waals surface area contributed by atoms with Gasteiger partial charge in [0, 0.05) is 13.2 Å². The second-order valence-electron chi connectivity index (χ2n) is 5.08. The van der Waals surface area contributed by atoms with Crippen molar-refractivity contribution in [2.24, 2.45) is 0 Å². The summed E-state index contributed by atoms with van der Waals surface area (Å²) in [4.78, 5) is 16.7. The van der Waals surface area contributed by atoms with E-state index >= 15 is 0 Å². The molecule has 0 spiro atoms. The van der Waals surface area contributed by atoms with Gasteiger partial charge in [-0.25, -0.2) is 9.78 Å². The van der Waals surface area contributed by atoms with Crippen LogP contribution >= 0.6 is 11.3 Å². The van der Waals surface area contributed by atoms with Crippen molar-refractivity contribution in [3.05, 3.63) is 52.0 Å². The molecule has 4 nitrogen and oxygen atoms in total. The van der Waals surface area contributed by atoms with Gasteiger partial charge in [-0.2, -0.15) is 0 Å². The van der Waals surface area contributed by atoms with Crippen LogP contribution in [0.4, 0.5) is 0 Å². The maximum absolute atomic E-state index is 11.7. The summed E-state index contributed by atoms with van der Waals surface area (Å²) in [5, 5.41) is 0.970. The number of hydrogen-bond donors (Lipinski definition) is 0. The molecule has 2 aromatic rings. The Hall–Kier alpha value is -1.72. The van der Waals surface area contributed by atoms with Crippen LogP contribution in [0.1, 0.15) is 33.1 Å². The van der Waals surface area contributed by atoms with E-state index in [0.717, 1.165) is 17.8 Å². The van der Waals surface area contributed by atoms with Crippen molar-refractivity contribution < 1.29 is 14.3 Å². The highest BCUT2D eigenvalue weighted by Crippen LogP contribution is 2.42. The first-order chi connectivity index (χ1) is 10.3. The minimum atomic E-state index is -0.325. The van der Waals surface area contributed by atoms with Crippen LogP contribution in [0.15, 0.2) is 36.5 Å². The summed E-state index contributed by atoms with van der Waals surface area (Å²) in [6.45, 7) is 1.42. The highest BCUT2D eigenvalue weighted by Gasteiger charge is 2.39. The molecule has 1 fully saturated rings. The lowest BCUT2D eigenvalue weighted by atomic mass is 9.75. The minimum Gasteiger partial charge on any atom is -0.465 e. The summed E-state index contributed by atoms with van der Waals surface area (Å²) in [5.74, 6) is -0.325. The van der Waals surface area contributed by atoms with E-state index in [1.54, 1.807) is 6.20 Å². The lowest BCUT2D eigenvalue weighted by Crippen LogP contribution is -2.34. The van der Waals surface area contributed by atoms with E-state index in [1.807, 2.05) is 18.2 Å². The number of thiazole rings is 1. The zero-order valence-corrected chi connectivity index (χ0v) is 12.7. The van der Waals surface area contributed by atoms with Gasteiger partial charge < -0.3 is 9.47 Å². The summed E-state index contributed by atoms with van der Waals surface area (Å²) < 4.78 is 10.3. The van der Waals surface area contributed by atoms with Crippen molar-refractivity contribution in [2.45, 2.75) is 18.3 Å². The smallest absolute Gasteiger partial charge is 0.349 e. The maximum Gasteiger partial charge on any atom is 0.349 e. The normalized spacial score (nSPS) is 17.4. The van der Waals surface area contributed by atoms with Crippen LogP contribution < -0.4 is 0 Å². The summed E-state index contributed by atoms with van der Waals surface area (Å²) in [6, 6.07) is 10.4. The summed E-state index contributed by atoms with van der Waals surface area (Å²) >= 11 is 1.42. The Labute approximate surface area is 127 Å². The molecule has 21 heavy (non-hydrogen) atoms. The van der Waals surface area contributed by atoms with Gasteiger partial charge in [0.2, 0.25) is 0 Å². The number of aromatic nitrogens is 1. The number of methoxy groups -OCH3 is 1. The zero-order chi connectivity index (χ0) is 14.7. The molecule has 0 radical (unpaired) electrons. The number of hydrogen-bond acceptors (Lipinski definition) is 5. The maximum atomic E-state index is 11.7. The largest absolute Gasteiger partial charge is 0.465 e. The molecular formula is C16H17NO3S. The molecule has 1 aliphatic heterocycles. The molecule has 110 valence electrons. The first-order valence-corrected chi connectivity index (χ1v) is 7.76. The van der Waals surface area contributed by atoms with Crippen LogP contribution in [0.2, 0.25) is 0 Å². The Morgan fingerprint density at radius 2 is 2.00 bits per heavy atom. The molecule has 1 aromatic carbocycles. The highest BCUT2D eigenvalue weighted by molar-refractivity contribution is 7.13. The Balaban J connectivity index is 2.04. The van der Waals surface area contributed by atoms with Gasteiger partial charge in [0.15, 0.2) is 0 Å². The standard InChI is InChI=1S/C16H17NO3S/c1-19-14(18)13-11-17-15(21-13)16(7-9-20-10-8-16)12-5-3-2-4-6-12/h2-6,11H,7-10H2,1H3. The minimum absolute atomic E-state index is 0.156. The second kappa shape index (κ2) is 5.95. The van der Waals surface area contributed by atoms with Crippen LogP contribution in [0, 0.1) is 0 Å². The van der Waals surface area contributed by atoms with Gasteiger partial charge in [0.05, 0.1) is 18.7 Å². The Bertz CT molecular complexity index is 617. The van der Waals surface area contributed by atoms with E-state index in [9.17, 15) is 4.79 Å². The van der Waals surface area contributed by atoms with E-state index in [1.165, 1.54) is 24.0 Å². The third-order valence-electron chi connectivity index (χ3n) is 3.97. The molecule has 1 aromatic heterocycles. The van der Waals surface area contributed by atoms with Crippen molar-refractivity contribution in [3.8, 4) is 0 Å². The molecule has 1 saturated heterocycles. The second-order valence-corrected chi connectivity index (χ2v) is 6.11. The fraction of sp³-hybridized carbons (Fsp3) is 0.375. The van der Waals surface area contributed by atoms with E-state index in [-0.39, 0.29) is 11.4 Å². The van der Waals surface area contributed by atoms with Crippen molar-refractivity contribution in [3.63, 3.8) is 0 Å². The quantitative estimate of drug-likeness (QED) is 0.818. The van der Waals surface area contributed by atoms with Crippen molar-refractivity contribution in [1.29, 1.82) is 0 Å². The molecular weight excluding hydrogens is 286 g/mol. The molecule has 0 saturated carbocycles. The van der Waals surface area contributed by atoms with Crippen LogP contribution in [0.3, 0.4) is 0 Å². The first-order valence-electron chi connectivity index (χ1n) is 6.94. The number of carbonyl (C=O) groups is 1. The number of nitrogens with zero attached hydrogens (tertiary/aromatic N) is 1. The van der Waals surface area contributed by atoms with Gasteiger partial charge in [0.25, 0.3) is 0 Å². The number of ether oxygens (including phenoxy) is 2. The summed E-state index contributed by atoms with van der Waals surface area (Å²) in [7, 11) is 1.39. The summed E-state index contributed by atoms with van der Waals surface area (Å²) in [5.41, 5.74) is 1.08. The fourth-order valence-electron chi connectivity index (χ4n) is 2.79. The molecule has 2 heterocycles. The molecule has 3 rings (SSSR count). The molecule has 1 aliphatic rings. The predicted octanol–water partition coefficient (Wildman–Crippen LogP) is 3.03. The molecule has 0 aliphatic carbocycles.